The lowest BCUT2D eigenvalue weighted by Crippen LogP contribution is -2.53. The molecule has 0 atom stereocenters. The van der Waals surface area contributed by atoms with Gasteiger partial charge in [0.05, 0.1) is 5.60 Å². The molecule has 21 heavy (non-hydrogen) atoms. The summed E-state index contributed by atoms with van der Waals surface area (Å²) in [5, 5.41) is 0. The Morgan fingerprint density at radius 1 is 0.810 bits per heavy atom. The molecule has 0 amide bonds. The second kappa shape index (κ2) is 9.12. The summed E-state index contributed by atoms with van der Waals surface area (Å²) in [6.07, 6.45) is 3.79. The molecule has 0 radical (unpaired) electrons. The van der Waals surface area contributed by atoms with Crippen molar-refractivity contribution < 1.29 is 4.74 Å². The lowest BCUT2D eigenvalue weighted by molar-refractivity contribution is -0.00512. The molecule has 1 aliphatic heterocycles. The summed E-state index contributed by atoms with van der Waals surface area (Å²) in [6, 6.07) is 0. The van der Waals surface area contributed by atoms with E-state index in [0.29, 0.717) is 5.54 Å². The number of hydrogen-bond acceptors (Lipinski definition) is 3. The van der Waals surface area contributed by atoms with Crippen LogP contribution in [0.1, 0.15) is 68.2 Å². The molecule has 0 aliphatic carbocycles. The van der Waals surface area contributed by atoms with E-state index >= 15 is 0 Å². The van der Waals surface area contributed by atoms with E-state index in [0.717, 1.165) is 6.61 Å². The topological polar surface area (TPSA) is 15.7 Å². The Bertz CT molecular complexity index is 257. The lowest BCUT2D eigenvalue weighted by atomic mass is 10.0. The van der Waals surface area contributed by atoms with Crippen molar-refractivity contribution >= 4 is 0 Å². The Morgan fingerprint density at radius 2 is 1.38 bits per heavy atom. The SMILES string of the molecule is C.CC(C)(C)OCCCCCN1CCN(C(C)(C)C)CC1. The van der Waals surface area contributed by atoms with E-state index in [4.69, 9.17) is 4.74 Å². The zero-order valence-corrected chi connectivity index (χ0v) is 14.7. The molecular weight excluding hydrogens is 260 g/mol. The highest BCUT2D eigenvalue weighted by Crippen LogP contribution is 2.16. The molecule has 0 unspecified atom stereocenters. The highest BCUT2D eigenvalue weighted by atomic mass is 16.5. The van der Waals surface area contributed by atoms with Crippen LogP contribution in [0.5, 0.6) is 0 Å². The van der Waals surface area contributed by atoms with Gasteiger partial charge in [0.1, 0.15) is 0 Å². The van der Waals surface area contributed by atoms with Gasteiger partial charge in [-0.25, -0.2) is 0 Å². The summed E-state index contributed by atoms with van der Waals surface area (Å²) in [7, 11) is 0. The Balaban J connectivity index is 0.00000400. The van der Waals surface area contributed by atoms with Gasteiger partial charge in [0, 0.05) is 38.3 Å². The summed E-state index contributed by atoms with van der Waals surface area (Å²) in [6.45, 7) is 20.4. The number of ether oxygens (including phenoxy) is 1. The second-order valence-electron chi connectivity index (χ2n) is 8.02. The fourth-order valence-electron chi connectivity index (χ4n) is 2.63. The van der Waals surface area contributed by atoms with Crippen molar-refractivity contribution in [2.75, 3.05) is 39.3 Å². The van der Waals surface area contributed by atoms with Crippen molar-refractivity contribution in [1.82, 2.24) is 9.80 Å². The van der Waals surface area contributed by atoms with E-state index in [1.54, 1.807) is 0 Å². The number of nitrogens with zero attached hydrogens (tertiary/aromatic N) is 2. The van der Waals surface area contributed by atoms with E-state index in [9.17, 15) is 0 Å². The summed E-state index contributed by atoms with van der Waals surface area (Å²) in [4.78, 5) is 5.22. The Hall–Kier alpha value is -0.120. The molecule has 0 aromatic carbocycles. The average Bonchev–Trinajstić information content (AvgIpc) is 2.32. The molecular formula is C18H40N2O. The van der Waals surface area contributed by atoms with Crippen LogP contribution >= 0.6 is 0 Å². The zero-order valence-electron chi connectivity index (χ0n) is 14.7. The molecule has 0 bridgehead atoms. The third-order valence-electron chi connectivity index (χ3n) is 3.97. The van der Waals surface area contributed by atoms with Crippen LogP contribution < -0.4 is 0 Å². The van der Waals surface area contributed by atoms with Gasteiger partial charge >= 0.3 is 0 Å². The number of piperazine rings is 1. The molecule has 0 aromatic rings. The molecule has 0 N–H and O–H groups in total. The van der Waals surface area contributed by atoms with Crippen molar-refractivity contribution in [1.29, 1.82) is 0 Å². The first kappa shape index (κ1) is 20.9. The third kappa shape index (κ3) is 9.49. The predicted molar refractivity (Wildman–Crippen MR) is 94.1 cm³/mol. The van der Waals surface area contributed by atoms with Crippen molar-refractivity contribution in [3.05, 3.63) is 0 Å². The molecule has 1 saturated heterocycles. The van der Waals surface area contributed by atoms with Crippen LogP contribution in [0.4, 0.5) is 0 Å². The van der Waals surface area contributed by atoms with Gasteiger partial charge in [0.2, 0.25) is 0 Å². The predicted octanol–water partition coefficient (Wildman–Crippen LogP) is 4.02. The van der Waals surface area contributed by atoms with Gasteiger partial charge in [-0.15, -0.1) is 0 Å². The fraction of sp³-hybridized carbons (Fsp3) is 1.00. The van der Waals surface area contributed by atoms with Crippen LogP contribution in [0.25, 0.3) is 0 Å². The molecule has 3 heteroatoms. The average molecular weight is 301 g/mol. The minimum atomic E-state index is 0. The minimum Gasteiger partial charge on any atom is -0.376 e. The van der Waals surface area contributed by atoms with Crippen molar-refractivity contribution in [2.45, 2.75) is 79.4 Å². The van der Waals surface area contributed by atoms with Crippen LogP contribution in [-0.2, 0) is 4.74 Å². The molecule has 1 fully saturated rings. The van der Waals surface area contributed by atoms with Gasteiger partial charge in [-0.3, -0.25) is 4.90 Å². The molecule has 1 heterocycles. The fourth-order valence-corrected chi connectivity index (χ4v) is 2.63. The summed E-state index contributed by atoms with van der Waals surface area (Å²) in [5.41, 5.74) is 0.347. The largest absolute Gasteiger partial charge is 0.376 e. The van der Waals surface area contributed by atoms with Crippen LogP contribution in [0.3, 0.4) is 0 Å². The Labute approximate surface area is 134 Å². The molecule has 0 aromatic heterocycles. The molecule has 1 rings (SSSR count). The maximum atomic E-state index is 5.75. The van der Waals surface area contributed by atoms with Crippen LogP contribution in [0.2, 0.25) is 0 Å². The van der Waals surface area contributed by atoms with Gasteiger partial charge in [-0.1, -0.05) is 7.43 Å². The summed E-state index contributed by atoms with van der Waals surface area (Å²) >= 11 is 0. The number of rotatable bonds is 6. The first-order chi connectivity index (χ1) is 9.18. The maximum absolute atomic E-state index is 5.75. The highest BCUT2D eigenvalue weighted by molar-refractivity contribution is 4.81. The zero-order chi connectivity index (χ0) is 15.2. The molecule has 1 aliphatic rings. The van der Waals surface area contributed by atoms with Crippen molar-refractivity contribution in [3.8, 4) is 0 Å². The first-order valence-corrected chi connectivity index (χ1v) is 8.30. The maximum Gasteiger partial charge on any atom is 0.0598 e. The molecule has 0 spiro atoms. The number of hydrogen-bond donors (Lipinski definition) is 0. The molecule has 128 valence electrons. The van der Waals surface area contributed by atoms with Crippen LogP contribution in [0, 0.1) is 0 Å². The van der Waals surface area contributed by atoms with Crippen LogP contribution in [-0.4, -0.2) is 60.3 Å². The van der Waals surface area contributed by atoms with E-state index in [1.165, 1.54) is 52.0 Å². The van der Waals surface area contributed by atoms with E-state index < -0.39 is 0 Å². The van der Waals surface area contributed by atoms with Gasteiger partial charge < -0.3 is 9.64 Å². The second-order valence-corrected chi connectivity index (χ2v) is 8.02. The smallest absolute Gasteiger partial charge is 0.0598 e. The summed E-state index contributed by atoms with van der Waals surface area (Å²) in [5.74, 6) is 0. The normalized spacial score (nSPS) is 18.6. The highest BCUT2D eigenvalue weighted by Gasteiger charge is 2.25. The van der Waals surface area contributed by atoms with E-state index in [1.807, 2.05) is 0 Å². The molecule has 0 saturated carbocycles. The monoisotopic (exact) mass is 300 g/mol. The Kier molecular flexibility index (Phi) is 9.06. The van der Waals surface area contributed by atoms with Gasteiger partial charge in [-0.05, 0) is 67.3 Å². The number of unbranched alkanes of at least 4 members (excludes halogenated alkanes) is 2. The van der Waals surface area contributed by atoms with Crippen LogP contribution in [0.15, 0.2) is 0 Å². The lowest BCUT2D eigenvalue weighted by Gasteiger charge is -2.42. The van der Waals surface area contributed by atoms with Gasteiger partial charge in [-0.2, -0.15) is 0 Å². The third-order valence-corrected chi connectivity index (χ3v) is 3.97. The first-order valence-electron chi connectivity index (χ1n) is 8.30. The van der Waals surface area contributed by atoms with Gasteiger partial charge in [0.15, 0.2) is 0 Å². The van der Waals surface area contributed by atoms with E-state index in [2.05, 4.69) is 51.3 Å². The van der Waals surface area contributed by atoms with Crippen molar-refractivity contribution in [2.24, 2.45) is 0 Å². The molecule has 3 nitrogen and oxygen atoms in total. The van der Waals surface area contributed by atoms with Crippen molar-refractivity contribution in [3.63, 3.8) is 0 Å². The summed E-state index contributed by atoms with van der Waals surface area (Å²) < 4.78 is 5.75. The standard InChI is InChI=1S/C17H36N2O.CH4/c1-16(2,3)19-13-11-18(12-14-19)10-8-7-9-15-20-17(4,5)6;/h7-15H2,1-6H3;1H4. The Morgan fingerprint density at radius 3 is 1.86 bits per heavy atom. The van der Waals surface area contributed by atoms with E-state index in [-0.39, 0.29) is 13.0 Å². The minimum absolute atomic E-state index is 0. The van der Waals surface area contributed by atoms with Gasteiger partial charge in [0.25, 0.3) is 0 Å². The quantitative estimate of drug-likeness (QED) is 0.689.